The highest BCUT2D eigenvalue weighted by molar-refractivity contribution is 5.90. The molecular formula is C16H23NO2. The van der Waals surface area contributed by atoms with Crippen LogP contribution in [0.1, 0.15) is 42.1 Å². The van der Waals surface area contributed by atoms with Crippen LogP contribution < -0.4 is 0 Å². The van der Waals surface area contributed by atoms with E-state index in [1.54, 1.807) is 0 Å². The molecule has 3 nitrogen and oxygen atoms in total. The number of methoxy groups -OCH3 is 1. The smallest absolute Gasteiger partial charge is 0.338 e. The Bertz CT molecular complexity index is 431. The van der Waals surface area contributed by atoms with Gasteiger partial charge in [0.05, 0.1) is 12.7 Å². The van der Waals surface area contributed by atoms with Gasteiger partial charge < -0.3 is 4.74 Å². The molecule has 1 saturated heterocycles. The van der Waals surface area contributed by atoms with Gasteiger partial charge in [-0.3, -0.25) is 4.90 Å². The van der Waals surface area contributed by atoms with Gasteiger partial charge in [-0.05, 0) is 36.9 Å². The summed E-state index contributed by atoms with van der Waals surface area (Å²) in [6.07, 6.45) is 3.86. The zero-order valence-corrected chi connectivity index (χ0v) is 11.9. The number of benzene rings is 1. The molecule has 19 heavy (non-hydrogen) atoms. The van der Waals surface area contributed by atoms with Crippen LogP contribution in [0.2, 0.25) is 0 Å². The van der Waals surface area contributed by atoms with Crippen molar-refractivity contribution in [1.82, 2.24) is 4.90 Å². The van der Waals surface area contributed by atoms with E-state index in [1.165, 1.54) is 26.4 Å². The highest BCUT2D eigenvalue weighted by atomic mass is 16.5. The summed E-state index contributed by atoms with van der Waals surface area (Å²) >= 11 is 0. The fraction of sp³-hybridized carbons (Fsp3) is 0.562. The van der Waals surface area contributed by atoms with Crippen molar-refractivity contribution >= 4 is 5.97 Å². The van der Waals surface area contributed by atoms with Crippen LogP contribution in [0.3, 0.4) is 0 Å². The van der Waals surface area contributed by atoms with E-state index in [0.29, 0.717) is 5.56 Å². The van der Waals surface area contributed by atoms with Gasteiger partial charge >= 0.3 is 5.97 Å². The van der Waals surface area contributed by atoms with E-state index in [2.05, 4.69) is 11.8 Å². The quantitative estimate of drug-likeness (QED) is 0.763. The molecule has 2 rings (SSSR count). The standard InChI is InChI=1S/C16H23NO2/c1-3-6-13-9-10-17(11-13)12-14-7-4-5-8-15(14)16(18)19-2/h4-5,7-8,13H,3,6,9-12H2,1-2H3. The van der Waals surface area contributed by atoms with Crippen molar-refractivity contribution in [3.05, 3.63) is 35.4 Å². The third-order valence-corrected chi connectivity index (χ3v) is 3.88. The predicted octanol–water partition coefficient (Wildman–Crippen LogP) is 3.10. The molecule has 0 bridgehead atoms. The van der Waals surface area contributed by atoms with Crippen LogP contribution in [0.25, 0.3) is 0 Å². The molecule has 0 radical (unpaired) electrons. The van der Waals surface area contributed by atoms with Crippen molar-refractivity contribution < 1.29 is 9.53 Å². The van der Waals surface area contributed by atoms with E-state index in [1.807, 2.05) is 24.3 Å². The third-order valence-electron chi connectivity index (χ3n) is 3.88. The van der Waals surface area contributed by atoms with Crippen LogP contribution in [0, 0.1) is 5.92 Å². The summed E-state index contributed by atoms with van der Waals surface area (Å²) < 4.78 is 4.84. The summed E-state index contributed by atoms with van der Waals surface area (Å²) in [4.78, 5) is 14.2. The molecule has 1 aromatic rings. The van der Waals surface area contributed by atoms with Crippen molar-refractivity contribution in [3.63, 3.8) is 0 Å². The Hall–Kier alpha value is -1.35. The third kappa shape index (κ3) is 3.57. The Kier molecular flexibility index (Phi) is 4.97. The highest BCUT2D eigenvalue weighted by Crippen LogP contribution is 2.23. The first-order valence-corrected chi connectivity index (χ1v) is 7.13. The van der Waals surface area contributed by atoms with Crippen molar-refractivity contribution in [2.24, 2.45) is 5.92 Å². The molecule has 1 aliphatic heterocycles. The van der Waals surface area contributed by atoms with Gasteiger partial charge in [0.25, 0.3) is 0 Å². The van der Waals surface area contributed by atoms with Crippen molar-refractivity contribution in [1.29, 1.82) is 0 Å². The minimum absolute atomic E-state index is 0.236. The molecule has 1 fully saturated rings. The van der Waals surface area contributed by atoms with Crippen LogP contribution in [-0.2, 0) is 11.3 Å². The maximum absolute atomic E-state index is 11.7. The SMILES string of the molecule is CCCC1CCN(Cc2ccccc2C(=O)OC)C1. The number of carbonyl (C=O) groups excluding carboxylic acids is 1. The van der Waals surface area contributed by atoms with Crippen molar-refractivity contribution in [2.45, 2.75) is 32.7 Å². The molecule has 3 heteroatoms. The first kappa shape index (κ1) is 14.1. The number of rotatable bonds is 5. The molecule has 0 saturated carbocycles. The second-order valence-corrected chi connectivity index (χ2v) is 5.33. The minimum Gasteiger partial charge on any atom is -0.465 e. The van der Waals surface area contributed by atoms with E-state index in [9.17, 15) is 4.79 Å². The monoisotopic (exact) mass is 261 g/mol. The Balaban J connectivity index is 2.02. The second kappa shape index (κ2) is 6.71. The number of carbonyl (C=O) groups is 1. The van der Waals surface area contributed by atoms with Gasteiger partial charge in [0.15, 0.2) is 0 Å². The van der Waals surface area contributed by atoms with Gasteiger partial charge in [-0.2, -0.15) is 0 Å². The minimum atomic E-state index is -0.236. The van der Waals surface area contributed by atoms with E-state index in [-0.39, 0.29) is 5.97 Å². The summed E-state index contributed by atoms with van der Waals surface area (Å²) in [5.41, 5.74) is 1.77. The molecule has 0 amide bonds. The number of hydrogen-bond donors (Lipinski definition) is 0. The lowest BCUT2D eigenvalue weighted by molar-refractivity contribution is 0.0598. The Morgan fingerprint density at radius 3 is 2.95 bits per heavy atom. The first-order chi connectivity index (χ1) is 9.24. The molecule has 1 atom stereocenters. The lowest BCUT2D eigenvalue weighted by Crippen LogP contribution is -2.21. The number of nitrogens with zero attached hydrogens (tertiary/aromatic N) is 1. The van der Waals surface area contributed by atoms with Gasteiger partial charge in [-0.1, -0.05) is 31.5 Å². The highest BCUT2D eigenvalue weighted by Gasteiger charge is 2.23. The molecular weight excluding hydrogens is 238 g/mol. The molecule has 1 aromatic carbocycles. The van der Waals surface area contributed by atoms with E-state index < -0.39 is 0 Å². The summed E-state index contributed by atoms with van der Waals surface area (Å²) in [6.45, 7) is 5.39. The van der Waals surface area contributed by atoms with Gasteiger partial charge in [0.2, 0.25) is 0 Å². The lowest BCUT2D eigenvalue weighted by atomic mass is 10.0. The van der Waals surface area contributed by atoms with Crippen LogP contribution in [-0.4, -0.2) is 31.1 Å². The van der Waals surface area contributed by atoms with Gasteiger partial charge in [0, 0.05) is 13.1 Å². The van der Waals surface area contributed by atoms with Crippen LogP contribution in [0.4, 0.5) is 0 Å². The molecule has 0 aliphatic carbocycles. The fourth-order valence-electron chi connectivity index (χ4n) is 2.91. The van der Waals surface area contributed by atoms with Gasteiger partial charge in [-0.25, -0.2) is 4.79 Å². The van der Waals surface area contributed by atoms with Gasteiger partial charge in [0.1, 0.15) is 0 Å². The average Bonchev–Trinajstić information content (AvgIpc) is 2.86. The molecule has 104 valence electrons. The second-order valence-electron chi connectivity index (χ2n) is 5.33. The maximum atomic E-state index is 11.7. The molecule has 0 N–H and O–H groups in total. The lowest BCUT2D eigenvalue weighted by Gasteiger charge is -2.17. The zero-order chi connectivity index (χ0) is 13.7. The average molecular weight is 261 g/mol. The molecule has 1 unspecified atom stereocenters. The summed E-state index contributed by atoms with van der Waals surface area (Å²) in [6, 6.07) is 7.75. The summed E-state index contributed by atoms with van der Waals surface area (Å²) in [7, 11) is 1.44. The Morgan fingerprint density at radius 1 is 1.42 bits per heavy atom. The van der Waals surface area contributed by atoms with Crippen molar-refractivity contribution in [2.75, 3.05) is 20.2 Å². The van der Waals surface area contributed by atoms with Crippen LogP contribution in [0.15, 0.2) is 24.3 Å². The van der Waals surface area contributed by atoms with Crippen LogP contribution in [0.5, 0.6) is 0 Å². The molecule has 0 aromatic heterocycles. The first-order valence-electron chi connectivity index (χ1n) is 7.13. The summed E-state index contributed by atoms with van der Waals surface area (Å²) in [5.74, 6) is 0.593. The number of hydrogen-bond acceptors (Lipinski definition) is 3. The topological polar surface area (TPSA) is 29.5 Å². The van der Waals surface area contributed by atoms with Gasteiger partial charge in [-0.15, -0.1) is 0 Å². The van der Waals surface area contributed by atoms with E-state index in [4.69, 9.17) is 4.74 Å². The van der Waals surface area contributed by atoms with E-state index >= 15 is 0 Å². The van der Waals surface area contributed by atoms with E-state index in [0.717, 1.165) is 31.1 Å². The number of esters is 1. The molecule has 1 heterocycles. The molecule has 1 aliphatic rings. The van der Waals surface area contributed by atoms with Crippen LogP contribution >= 0.6 is 0 Å². The maximum Gasteiger partial charge on any atom is 0.338 e. The Labute approximate surface area is 115 Å². The predicted molar refractivity (Wildman–Crippen MR) is 76.1 cm³/mol. The number of likely N-dealkylation sites (tertiary alicyclic amines) is 1. The normalized spacial score (nSPS) is 19.6. The zero-order valence-electron chi connectivity index (χ0n) is 11.9. The molecule has 0 spiro atoms. The largest absolute Gasteiger partial charge is 0.465 e. The summed E-state index contributed by atoms with van der Waals surface area (Å²) in [5, 5.41) is 0. The number of ether oxygens (including phenoxy) is 1. The Morgan fingerprint density at radius 2 is 2.21 bits per heavy atom. The fourth-order valence-corrected chi connectivity index (χ4v) is 2.91. The van der Waals surface area contributed by atoms with Crippen molar-refractivity contribution in [3.8, 4) is 0 Å².